The molecule has 0 saturated carbocycles. The normalized spacial score (nSPS) is 16.3. The van der Waals surface area contributed by atoms with Crippen LogP contribution in [0.3, 0.4) is 0 Å². The summed E-state index contributed by atoms with van der Waals surface area (Å²) in [7, 11) is -2.08. The third-order valence-electron chi connectivity index (χ3n) is 5.03. The number of carbonyl (C=O) groups excluding carboxylic acids is 1. The smallest absolute Gasteiger partial charge is 0.233 e. The molecule has 0 aliphatic carbocycles. The van der Waals surface area contributed by atoms with Gasteiger partial charge in [0.25, 0.3) is 0 Å². The molecule has 2 aromatic rings. The van der Waals surface area contributed by atoms with Crippen LogP contribution < -0.4 is 9.64 Å². The van der Waals surface area contributed by atoms with E-state index >= 15 is 0 Å². The van der Waals surface area contributed by atoms with Gasteiger partial charge in [-0.2, -0.15) is 4.31 Å². The van der Waals surface area contributed by atoms with E-state index < -0.39 is 16.1 Å². The first kappa shape index (κ1) is 21.1. The van der Waals surface area contributed by atoms with Gasteiger partial charge in [-0.05, 0) is 17.7 Å². The molecule has 0 bridgehead atoms. The Morgan fingerprint density at radius 1 is 1.10 bits per heavy atom. The van der Waals surface area contributed by atoms with Crippen molar-refractivity contribution in [1.29, 1.82) is 0 Å². The number of hydrogen-bond acceptors (Lipinski definition) is 6. The number of ether oxygens (including phenoxy) is 1. The van der Waals surface area contributed by atoms with E-state index in [1.165, 1.54) is 4.31 Å². The van der Waals surface area contributed by atoms with Crippen LogP contribution in [-0.2, 0) is 14.8 Å². The molecule has 1 saturated heterocycles. The fourth-order valence-electron chi connectivity index (χ4n) is 3.41. The minimum absolute atomic E-state index is 0.230. The van der Waals surface area contributed by atoms with Gasteiger partial charge in [-0.25, -0.2) is 13.5 Å². The summed E-state index contributed by atoms with van der Waals surface area (Å²) in [5.41, 5.74) is 1.53. The number of hydroxylamine groups is 2. The average Bonchev–Trinajstić information content (AvgIpc) is 2.77. The van der Waals surface area contributed by atoms with Crippen LogP contribution in [0.1, 0.15) is 11.6 Å². The first-order valence-corrected chi connectivity index (χ1v) is 10.9. The molecule has 1 aliphatic heterocycles. The first-order chi connectivity index (χ1) is 13.9. The maximum absolute atomic E-state index is 13.0. The third kappa shape index (κ3) is 5.06. The summed E-state index contributed by atoms with van der Waals surface area (Å²) in [6, 6.07) is 15.3. The van der Waals surface area contributed by atoms with Crippen molar-refractivity contribution in [2.24, 2.45) is 0 Å². The van der Waals surface area contributed by atoms with Crippen LogP contribution in [0, 0.1) is 0 Å². The van der Waals surface area contributed by atoms with Gasteiger partial charge in [0.05, 0.1) is 18.9 Å². The van der Waals surface area contributed by atoms with Crippen molar-refractivity contribution in [1.82, 2.24) is 9.37 Å². The molecule has 29 heavy (non-hydrogen) atoms. The number of benzene rings is 2. The van der Waals surface area contributed by atoms with E-state index in [2.05, 4.69) is 4.90 Å². The highest BCUT2D eigenvalue weighted by Crippen LogP contribution is 2.25. The Morgan fingerprint density at radius 2 is 1.79 bits per heavy atom. The van der Waals surface area contributed by atoms with Crippen LogP contribution in [0.15, 0.2) is 54.6 Å². The quantitative estimate of drug-likeness (QED) is 0.398. The minimum atomic E-state index is -3.68. The number of rotatable bonds is 8. The van der Waals surface area contributed by atoms with Crippen molar-refractivity contribution in [2.45, 2.75) is 6.04 Å². The molecule has 1 fully saturated rings. The van der Waals surface area contributed by atoms with Crippen LogP contribution in [0.2, 0.25) is 0 Å². The van der Waals surface area contributed by atoms with Gasteiger partial charge in [0.15, 0.2) is 0 Å². The summed E-state index contributed by atoms with van der Waals surface area (Å²) in [6.45, 7) is 1.74. The molecule has 8 nitrogen and oxygen atoms in total. The molecule has 9 heteroatoms. The lowest BCUT2D eigenvalue weighted by atomic mass is 10.1. The molecular weight excluding hydrogens is 394 g/mol. The van der Waals surface area contributed by atoms with Gasteiger partial charge < -0.3 is 9.64 Å². The summed E-state index contributed by atoms with van der Waals surface area (Å²) in [6.07, 6.45) is 0.230. The van der Waals surface area contributed by atoms with Gasteiger partial charge in [-0.3, -0.25) is 10.0 Å². The third-order valence-corrected chi connectivity index (χ3v) is 6.92. The molecule has 1 heterocycles. The number of amides is 1. The molecule has 1 amide bonds. The van der Waals surface area contributed by atoms with Gasteiger partial charge >= 0.3 is 0 Å². The Bertz CT molecular complexity index is 915. The molecule has 0 radical (unpaired) electrons. The second kappa shape index (κ2) is 9.25. The van der Waals surface area contributed by atoms with Gasteiger partial charge in [-0.15, -0.1) is 0 Å². The zero-order valence-corrected chi connectivity index (χ0v) is 17.0. The highest BCUT2D eigenvalue weighted by Gasteiger charge is 2.32. The molecule has 1 atom stereocenters. The molecule has 1 unspecified atom stereocenters. The summed E-state index contributed by atoms with van der Waals surface area (Å²) in [4.78, 5) is 13.2. The van der Waals surface area contributed by atoms with Gasteiger partial charge in [0.1, 0.15) is 5.75 Å². The lowest BCUT2D eigenvalue weighted by Gasteiger charge is -2.36. The molecule has 1 aliphatic rings. The van der Waals surface area contributed by atoms with Crippen LogP contribution in [0.4, 0.5) is 5.69 Å². The van der Waals surface area contributed by atoms with Crippen molar-refractivity contribution in [3.63, 3.8) is 0 Å². The van der Waals surface area contributed by atoms with E-state index in [1.807, 2.05) is 24.3 Å². The SMILES string of the molecule is COc1cccc(N2CCN(S(=O)(=O)CC(c3ccccc3)N(O)C=O)CC2)c1. The van der Waals surface area contributed by atoms with Crippen molar-refractivity contribution in [3.8, 4) is 5.75 Å². The van der Waals surface area contributed by atoms with Crippen LogP contribution in [-0.4, -0.2) is 68.4 Å². The zero-order valence-electron chi connectivity index (χ0n) is 16.2. The maximum Gasteiger partial charge on any atom is 0.233 e. The molecular formula is C20H25N3O5S. The Hall–Kier alpha value is -2.62. The summed E-state index contributed by atoms with van der Waals surface area (Å²) >= 11 is 0. The Balaban J connectivity index is 1.69. The molecule has 1 N–H and O–H groups in total. The summed E-state index contributed by atoms with van der Waals surface area (Å²) < 4.78 is 32.6. The number of piperazine rings is 1. The topological polar surface area (TPSA) is 90.4 Å². The predicted molar refractivity (Wildman–Crippen MR) is 109 cm³/mol. The molecule has 156 valence electrons. The second-order valence-corrected chi connectivity index (χ2v) is 8.79. The zero-order chi connectivity index (χ0) is 20.9. The van der Waals surface area contributed by atoms with Crippen molar-refractivity contribution in [3.05, 3.63) is 60.2 Å². The summed E-state index contributed by atoms with van der Waals surface area (Å²) in [5.74, 6) is 0.367. The Labute approximate surface area is 170 Å². The van der Waals surface area contributed by atoms with E-state index in [4.69, 9.17) is 4.74 Å². The standard InChI is InChI=1S/C20H25N3O5S/c1-28-19-9-5-8-18(14-19)21-10-12-22(13-11-21)29(26,27)15-20(23(25)16-24)17-6-3-2-4-7-17/h2-9,14,16,20,25H,10-13,15H2,1H3. The lowest BCUT2D eigenvalue weighted by molar-refractivity contribution is -0.158. The average molecular weight is 420 g/mol. The van der Waals surface area contributed by atoms with E-state index in [0.29, 0.717) is 36.8 Å². The molecule has 2 aromatic carbocycles. The second-order valence-electron chi connectivity index (χ2n) is 6.78. The van der Waals surface area contributed by atoms with Gasteiger partial charge in [0, 0.05) is 37.9 Å². The van der Waals surface area contributed by atoms with Crippen molar-refractivity contribution < 1.29 is 23.2 Å². The number of hydrogen-bond donors (Lipinski definition) is 1. The Kier molecular flexibility index (Phi) is 6.73. The van der Waals surface area contributed by atoms with E-state index in [-0.39, 0.29) is 12.2 Å². The first-order valence-electron chi connectivity index (χ1n) is 9.29. The number of anilines is 1. The van der Waals surface area contributed by atoms with Gasteiger partial charge in [0.2, 0.25) is 16.4 Å². The Morgan fingerprint density at radius 3 is 2.41 bits per heavy atom. The van der Waals surface area contributed by atoms with E-state index in [9.17, 15) is 18.4 Å². The number of sulfonamides is 1. The minimum Gasteiger partial charge on any atom is -0.497 e. The lowest BCUT2D eigenvalue weighted by Crippen LogP contribution is -2.50. The number of methoxy groups -OCH3 is 1. The highest BCUT2D eigenvalue weighted by molar-refractivity contribution is 7.89. The van der Waals surface area contributed by atoms with Crippen molar-refractivity contribution in [2.75, 3.05) is 43.9 Å². The fraction of sp³-hybridized carbons (Fsp3) is 0.350. The number of nitrogens with zero attached hydrogens (tertiary/aromatic N) is 3. The molecule has 0 aromatic heterocycles. The predicted octanol–water partition coefficient (Wildman–Crippen LogP) is 1.74. The fourth-order valence-corrected chi connectivity index (χ4v) is 5.09. The monoisotopic (exact) mass is 419 g/mol. The van der Waals surface area contributed by atoms with E-state index in [0.717, 1.165) is 11.4 Å². The largest absolute Gasteiger partial charge is 0.497 e. The van der Waals surface area contributed by atoms with Crippen molar-refractivity contribution >= 4 is 22.1 Å². The van der Waals surface area contributed by atoms with Crippen LogP contribution >= 0.6 is 0 Å². The van der Waals surface area contributed by atoms with Gasteiger partial charge in [-0.1, -0.05) is 36.4 Å². The van der Waals surface area contributed by atoms with Crippen LogP contribution in [0.25, 0.3) is 0 Å². The highest BCUT2D eigenvalue weighted by atomic mass is 32.2. The van der Waals surface area contributed by atoms with Crippen LogP contribution in [0.5, 0.6) is 5.75 Å². The van der Waals surface area contributed by atoms with E-state index in [1.54, 1.807) is 37.4 Å². The maximum atomic E-state index is 13.0. The molecule has 0 spiro atoms. The molecule has 3 rings (SSSR count). The summed E-state index contributed by atoms with van der Waals surface area (Å²) in [5, 5.41) is 10.4. The number of carbonyl (C=O) groups is 1.